The lowest BCUT2D eigenvalue weighted by atomic mass is 10.0. The van der Waals surface area contributed by atoms with Gasteiger partial charge < -0.3 is 20.7 Å². The molecule has 0 bridgehead atoms. The van der Waals surface area contributed by atoms with Crippen molar-refractivity contribution >= 4 is 11.7 Å². The molecule has 28 heavy (non-hydrogen) atoms. The Balaban J connectivity index is 1.85. The standard InChI is InChI=1S/C14H11F4N7O3/c15-6-4-20-11(9-3-8(23-24-9)7-1-2-28-25-7)22-10(6)21-5-13(27,12(19)26)14(16,17)18/h1-4,27H,5H2,(H2,19,26)(H,23,24)(H,20,21,22). The largest absolute Gasteiger partial charge is 0.428 e. The third-order valence-corrected chi connectivity index (χ3v) is 3.65. The summed E-state index contributed by atoms with van der Waals surface area (Å²) >= 11 is 0. The van der Waals surface area contributed by atoms with Crippen LogP contribution in [0.4, 0.5) is 23.4 Å². The number of anilines is 1. The second kappa shape index (κ2) is 6.88. The first kappa shape index (κ1) is 19.2. The van der Waals surface area contributed by atoms with Gasteiger partial charge in [-0.1, -0.05) is 5.16 Å². The van der Waals surface area contributed by atoms with Crippen molar-refractivity contribution in [3.63, 3.8) is 0 Å². The predicted octanol–water partition coefficient (Wildman–Crippen LogP) is 0.851. The molecule has 3 rings (SSSR count). The Morgan fingerprint density at radius 3 is 2.71 bits per heavy atom. The number of rotatable bonds is 6. The number of hydrogen-bond acceptors (Lipinski definition) is 8. The normalized spacial score (nSPS) is 13.9. The number of primary amides is 1. The van der Waals surface area contributed by atoms with E-state index >= 15 is 0 Å². The number of nitrogens with zero attached hydrogens (tertiary/aromatic N) is 4. The van der Waals surface area contributed by atoms with E-state index in [1.54, 1.807) is 0 Å². The zero-order valence-corrected chi connectivity index (χ0v) is 13.7. The van der Waals surface area contributed by atoms with Crippen LogP contribution in [-0.4, -0.2) is 54.7 Å². The first-order valence-corrected chi connectivity index (χ1v) is 7.44. The van der Waals surface area contributed by atoms with Gasteiger partial charge in [0, 0.05) is 6.07 Å². The summed E-state index contributed by atoms with van der Waals surface area (Å²) in [6.07, 6.45) is -3.37. The van der Waals surface area contributed by atoms with Gasteiger partial charge in [0.05, 0.1) is 12.7 Å². The number of aliphatic hydroxyl groups is 1. The lowest BCUT2D eigenvalue weighted by Crippen LogP contribution is -2.59. The number of hydrogen-bond donors (Lipinski definition) is 4. The molecule has 0 radical (unpaired) electrons. The van der Waals surface area contributed by atoms with Gasteiger partial charge in [-0.3, -0.25) is 9.89 Å². The molecule has 0 saturated heterocycles. The topological polar surface area (TPSA) is 156 Å². The highest BCUT2D eigenvalue weighted by Gasteiger charge is 2.58. The monoisotopic (exact) mass is 401 g/mol. The molecule has 0 aliphatic heterocycles. The van der Waals surface area contributed by atoms with Crippen LogP contribution in [0.2, 0.25) is 0 Å². The van der Waals surface area contributed by atoms with Crippen molar-refractivity contribution in [1.29, 1.82) is 0 Å². The Morgan fingerprint density at radius 2 is 2.11 bits per heavy atom. The Hall–Kier alpha value is -3.55. The van der Waals surface area contributed by atoms with E-state index in [0.717, 1.165) is 0 Å². The molecule has 148 valence electrons. The van der Waals surface area contributed by atoms with E-state index in [2.05, 4.69) is 35.6 Å². The average Bonchev–Trinajstić information content (AvgIpc) is 3.30. The van der Waals surface area contributed by atoms with Crippen molar-refractivity contribution in [2.24, 2.45) is 5.73 Å². The number of alkyl halides is 3. The summed E-state index contributed by atoms with van der Waals surface area (Å²) in [5.41, 5.74) is 1.65. The van der Waals surface area contributed by atoms with Crippen molar-refractivity contribution in [3.8, 4) is 22.9 Å². The minimum absolute atomic E-state index is 0.124. The van der Waals surface area contributed by atoms with Crippen LogP contribution in [0.3, 0.4) is 0 Å². The number of aromatic nitrogens is 5. The fourth-order valence-electron chi connectivity index (χ4n) is 2.07. The van der Waals surface area contributed by atoms with Crippen molar-refractivity contribution in [2.75, 3.05) is 11.9 Å². The molecule has 3 heterocycles. The average molecular weight is 401 g/mol. The summed E-state index contributed by atoms with van der Waals surface area (Å²) in [5, 5.41) is 21.6. The lowest BCUT2D eigenvalue weighted by Gasteiger charge is -2.27. The smallest absolute Gasteiger partial charge is 0.371 e. The minimum atomic E-state index is -5.38. The van der Waals surface area contributed by atoms with Crippen molar-refractivity contribution in [2.45, 2.75) is 11.8 Å². The van der Waals surface area contributed by atoms with Crippen molar-refractivity contribution in [1.82, 2.24) is 25.3 Å². The molecule has 1 unspecified atom stereocenters. The van der Waals surface area contributed by atoms with Gasteiger partial charge in [-0.2, -0.15) is 18.3 Å². The maximum atomic E-state index is 13.9. The highest BCUT2D eigenvalue weighted by molar-refractivity contribution is 5.85. The van der Waals surface area contributed by atoms with Gasteiger partial charge in [-0.25, -0.2) is 14.4 Å². The van der Waals surface area contributed by atoms with E-state index in [4.69, 9.17) is 0 Å². The zero-order chi connectivity index (χ0) is 20.5. The molecule has 3 aromatic heterocycles. The second-order valence-electron chi connectivity index (χ2n) is 5.52. The molecular formula is C14H11F4N7O3. The first-order chi connectivity index (χ1) is 13.1. The summed E-state index contributed by atoms with van der Waals surface area (Å²) in [4.78, 5) is 18.5. The van der Waals surface area contributed by atoms with Gasteiger partial charge in [0.15, 0.2) is 17.5 Å². The van der Waals surface area contributed by atoms with Gasteiger partial charge in [-0.05, 0) is 6.07 Å². The number of nitrogens with one attached hydrogen (secondary N) is 2. The van der Waals surface area contributed by atoms with Crippen LogP contribution in [0.15, 0.2) is 29.1 Å². The SMILES string of the molecule is NC(=O)C(O)(CNc1nc(-c2cc(-c3ccon3)n[nH]2)ncc1F)C(F)(F)F. The molecule has 0 spiro atoms. The van der Waals surface area contributed by atoms with Gasteiger partial charge >= 0.3 is 6.18 Å². The first-order valence-electron chi connectivity index (χ1n) is 7.44. The molecule has 3 aromatic rings. The van der Waals surface area contributed by atoms with Crippen molar-refractivity contribution < 1.29 is 32.0 Å². The van der Waals surface area contributed by atoms with E-state index in [1.807, 2.05) is 5.32 Å². The number of carbonyl (C=O) groups excluding carboxylic acids is 1. The second-order valence-corrected chi connectivity index (χ2v) is 5.52. The quantitative estimate of drug-likeness (QED) is 0.443. The molecule has 0 aromatic carbocycles. The summed E-state index contributed by atoms with van der Waals surface area (Å²) in [6.45, 7) is -1.45. The van der Waals surface area contributed by atoms with E-state index in [9.17, 15) is 27.5 Å². The van der Waals surface area contributed by atoms with E-state index < -0.39 is 35.9 Å². The third kappa shape index (κ3) is 3.48. The zero-order valence-electron chi connectivity index (χ0n) is 13.7. The van der Waals surface area contributed by atoms with Gasteiger partial charge in [0.1, 0.15) is 23.3 Å². The Morgan fingerprint density at radius 1 is 1.36 bits per heavy atom. The molecule has 5 N–H and O–H groups in total. The summed E-state index contributed by atoms with van der Waals surface area (Å²) in [5.74, 6) is -3.98. The molecule has 1 amide bonds. The fourth-order valence-corrected chi connectivity index (χ4v) is 2.07. The van der Waals surface area contributed by atoms with E-state index in [0.29, 0.717) is 17.6 Å². The summed E-state index contributed by atoms with van der Waals surface area (Å²) in [6, 6.07) is 2.98. The highest BCUT2D eigenvalue weighted by atomic mass is 19.4. The number of amides is 1. The van der Waals surface area contributed by atoms with E-state index in [-0.39, 0.29) is 11.5 Å². The summed E-state index contributed by atoms with van der Waals surface area (Å²) in [7, 11) is 0. The molecule has 10 nitrogen and oxygen atoms in total. The Bertz CT molecular complexity index is 989. The number of carbonyl (C=O) groups is 1. The fraction of sp³-hybridized carbons (Fsp3) is 0.214. The number of nitrogens with two attached hydrogens (primary N) is 1. The van der Waals surface area contributed by atoms with Crippen LogP contribution in [0.25, 0.3) is 22.9 Å². The molecule has 0 aliphatic carbocycles. The van der Waals surface area contributed by atoms with Crippen LogP contribution >= 0.6 is 0 Å². The van der Waals surface area contributed by atoms with Crippen LogP contribution < -0.4 is 11.1 Å². The van der Waals surface area contributed by atoms with Crippen LogP contribution in [-0.2, 0) is 4.79 Å². The maximum Gasteiger partial charge on any atom is 0.428 e. The number of aromatic amines is 1. The van der Waals surface area contributed by atoms with Crippen LogP contribution in [0, 0.1) is 5.82 Å². The molecule has 14 heteroatoms. The number of halogens is 4. The summed E-state index contributed by atoms with van der Waals surface area (Å²) < 4.78 is 57.2. The third-order valence-electron chi connectivity index (χ3n) is 3.65. The predicted molar refractivity (Wildman–Crippen MR) is 83.8 cm³/mol. The van der Waals surface area contributed by atoms with Crippen LogP contribution in [0.5, 0.6) is 0 Å². The highest BCUT2D eigenvalue weighted by Crippen LogP contribution is 2.31. The van der Waals surface area contributed by atoms with Crippen molar-refractivity contribution in [3.05, 3.63) is 30.4 Å². The molecule has 0 fully saturated rings. The van der Waals surface area contributed by atoms with Gasteiger partial charge in [0.2, 0.25) is 0 Å². The van der Waals surface area contributed by atoms with Gasteiger partial charge in [0.25, 0.3) is 11.5 Å². The molecular weight excluding hydrogens is 390 g/mol. The minimum Gasteiger partial charge on any atom is -0.371 e. The lowest BCUT2D eigenvalue weighted by molar-refractivity contribution is -0.245. The maximum absolute atomic E-state index is 13.9. The Kier molecular flexibility index (Phi) is 4.72. The number of H-pyrrole nitrogens is 1. The van der Waals surface area contributed by atoms with Crippen LogP contribution in [0.1, 0.15) is 0 Å². The Labute approximate surface area is 152 Å². The van der Waals surface area contributed by atoms with Gasteiger partial charge in [-0.15, -0.1) is 0 Å². The van der Waals surface area contributed by atoms with E-state index in [1.165, 1.54) is 18.4 Å². The molecule has 0 saturated carbocycles. The molecule has 0 aliphatic rings. The molecule has 1 atom stereocenters.